The molecule has 0 amide bonds. The van der Waals surface area contributed by atoms with Crippen LogP contribution in [0.25, 0.3) is 0 Å². The Balaban J connectivity index is 3.26. The Morgan fingerprint density at radius 2 is 1.91 bits per heavy atom. The number of hydrogen-bond acceptors (Lipinski definition) is 1. The first-order valence-electron chi connectivity index (χ1n) is 3.70. The molecule has 0 unspecified atom stereocenters. The molecule has 0 atom stereocenters. The molecule has 0 N–H and O–H groups in total. The first-order chi connectivity index (χ1) is 5.02. The van der Waals surface area contributed by atoms with Gasteiger partial charge in [0.1, 0.15) is 4.64 Å². The summed E-state index contributed by atoms with van der Waals surface area (Å²) in [7, 11) is 0. The largest absolute Gasteiger partial charge is 0.334 e. The van der Waals surface area contributed by atoms with Gasteiger partial charge < -0.3 is 4.57 Å². The highest BCUT2D eigenvalue weighted by Gasteiger charge is 2.10. The van der Waals surface area contributed by atoms with Gasteiger partial charge in [-0.2, -0.15) is 0 Å². The van der Waals surface area contributed by atoms with Gasteiger partial charge in [-0.3, -0.25) is 0 Å². The predicted molar refractivity (Wildman–Crippen MR) is 50.3 cm³/mol. The van der Waals surface area contributed by atoms with Crippen molar-refractivity contribution in [2.45, 2.75) is 26.3 Å². The highest BCUT2D eigenvalue weighted by atomic mass is 32.1. The molecule has 2 heteroatoms. The van der Waals surface area contributed by atoms with Crippen LogP contribution in [-0.4, -0.2) is 4.57 Å². The van der Waals surface area contributed by atoms with Gasteiger partial charge in [-0.05, 0) is 32.9 Å². The molecule has 0 aliphatic heterocycles. The first kappa shape index (κ1) is 8.47. The number of pyridine rings is 1. The molecule has 0 aliphatic carbocycles. The van der Waals surface area contributed by atoms with Crippen LogP contribution >= 0.6 is 12.2 Å². The van der Waals surface area contributed by atoms with E-state index in [1.165, 1.54) is 0 Å². The molecule has 1 rings (SSSR count). The lowest BCUT2D eigenvalue weighted by Gasteiger charge is -2.22. The maximum atomic E-state index is 5.16. The van der Waals surface area contributed by atoms with Gasteiger partial charge in [0.25, 0.3) is 0 Å². The van der Waals surface area contributed by atoms with E-state index in [4.69, 9.17) is 12.2 Å². The van der Waals surface area contributed by atoms with E-state index in [1.54, 1.807) is 0 Å². The molecule has 1 heterocycles. The van der Waals surface area contributed by atoms with E-state index in [-0.39, 0.29) is 5.54 Å². The summed E-state index contributed by atoms with van der Waals surface area (Å²) in [5, 5.41) is 0. The summed E-state index contributed by atoms with van der Waals surface area (Å²) in [6.45, 7) is 6.42. The van der Waals surface area contributed by atoms with Crippen LogP contribution < -0.4 is 0 Å². The third kappa shape index (κ3) is 1.90. The third-order valence-electron chi connectivity index (χ3n) is 1.55. The van der Waals surface area contributed by atoms with Gasteiger partial charge in [-0.25, -0.2) is 0 Å². The maximum Gasteiger partial charge on any atom is 0.106 e. The second-order valence-corrected chi connectivity index (χ2v) is 4.00. The van der Waals surface area contributed by atoms with Gasteiger partial charge in [-0.15, -0.1) is 0 Å². The minimum Gasteiger partial charge on any atom is -0.334 e. The lowest BCUT2D eigenvalue weighted by atomic mass is 10.1. The Labute approximate surface area is 72.7 Å². The monoisotopic (exact) mass is 167 g/mol. The van der Waals surface area contributed by atoms with E-state index in [0.29, 0.717) is 0 Å². The molecule has 0 radical (unpaired) electrons. The van der Waals surface area contributed by atoms with E-state index in [9.17, 15) is 0 Å². The molecule has 0 spiro atoms. The van der Waals surface area contributed by atoms with Crippen molar-refractivity contribution in [2.24, 2.45) is 0 Å². The molecule has 0 aromatic carbocycles. The number of aromatic nitrogens is 1. The minimum absolute atomic E-state index is 0.0956. The Kier molecular flexibility index (Phi) is 2.14. The second-order valence-electron chi connectivity index (χ2n) is 3.58. The van der Waals surface area contributed by atoms with Gasteiger partial charge in [-0.1, -0.05) is 18.3 Å². The molecule has 0 bridgehead atoms. The van der Waals surface area contributed by atoms with Crippen LogP contribution in [0.4, 0.5) is 0 Å². The molecule has 1 nitrogen and oxygen atoms in total. The lowest BCUT2D eigenvalue weighted by molar-refractivity contribution is 0.390. The van der Waals surface area contributed by atoms with Crippen LogP contribution in [0.3, 0.4) is 0 Å². The summed E-state index contributed by atoms with van der Waals surface area (Å²) in [5.74, 6) is 0. The van der Waals surface area contributed by atoms with Crippen molar-refractivity contribution in [1.82, 2.24) is 4.57 Å². The molecule has 60 valence electrons. The van der Waals surface area contributed by atoms with Gasteiger partial charge in [0.2, 0.25) is 0 Å². The van der Waals surface area contributed by atoms with Crippen LogP contribution in [0.15, 0.2) is 24.4 Å². The van der Waals surface area contributed by atoms with E-state index < -0.39 is 0 Å². The summed E-state index contributed by atoms with van der Waals surface area (Å²) in [6, 6.07) is 5.91. The second kappa shape index (κ2) is 2.78. The fourth-order valence-corrected chi connectivity index (χ4v) is 1.39. The summed E-state index contributed by atoms with van der Waals surface area (Å²) < 4.78 is 2.97. The zero-order chi connectivity index (χ0) is 8.48. The van der Waals surface area contributed by atoms with Gasteiger partial charge in [0.15, 0.2) is 0 Å². The highest BCUT2D eigenvalue weighted by Crippen LogP contribution is 2.13. The van der Waals surface area contributed by atoms with Crippen LogP contribution in [0.5, 0.6) is 0 Å². The molecule has 1 aromatic rings. The van der Waals surface area contributed by atoms with E-state index in [2.05, 4.69) is 25.3 Å². The van der Waals surface area contributed by atoms with Gasteiger partial charge >= 0.3 is 0 Å². The van der Waals surface area contributed by atoms with Gasteiger partial charge in [0.05, 0.1) is 0 Å². The van der Waals surface area contributed by atoms with E-state index in [1.807, 2.05) is 24.4 Å². The lowest BCUT2D eigenvalue weighted by Crippen LogP contribution is -2.21. The van der Waals surface area contributed by atoms with Crippen LogP contribution in [-0.2, 0) is 5.54 Å². The molecular weight excluding hydrogens is 154 g/mol. The molecule has 0 aliphatic rings. The Hall–Kier alpha value is -0.630. The fourth-order valence-electron chi connectivity index (χ4n) is 0.982. The Bertz CT molecular complexity index is 293. The normalized spacial score (nSPS) is 11.5. The quantitative estimate of drug-likeness (QED) is 0.538. The fraction of sp³-hybridized carbons (Fsp3) is 0.444. The van der Waals surface area contributed by atoms with Crippen molar-refractivity contribution in [3.05, 3.63) is 29.0 Å². The zero-order valence-corrected chi connectivity index (χ0v) is 7.98. The molecule has 11 heavy (non-hydrogen) atoms. The summed E-state index contributed by atoms with van der Waals surface area (Å²) in [5.41, 5.74) is 0.0956. The summed E-state index contributed by atoms with van der Waals surface area (Å²) >= 11 is 5.16. The summed E-state index contributed by atoms with van der Waals surface area (Å²) in [6.07, 6.45) is 2.02. The Morgan fingerprint density at radius 1 is 1.27 bits per heavy atom. The molecule has 0 saturated heterocycles. The number of rotatable bonds is 0. The van der Waals surface area contributed by atoms with Crippen molar-refractivity contribution in [2.75, 3.05) is 0 Å². The minimum atomic E-state index is 0.0956. The van der Waals surface area contributed by atoms with Crippen LogP contribution in [0.2, 0.25) is 0 Å². The van der Waals surface area contributed by atoms with Crippen molar-refractivity contribution < 1.29 is 0 Å². The van der Waals surface area contributed by atoms with Crippen LogP contribution in [0, 0.1) is 4.64 Å². The van der Waals surface area contributed by atoms with E-state index in [0.717, 1.165) is 4.64 Å². The smallest absolute Gasteiger partial charge is 0.106 e. The molecule has 0 saturated carbocycles. The third-order valence-corrected chi connectivity index (χ3v) is 1.88. The van der Waals surface area contributed by atoms with Gasteiger partial charge in [0, 0.05) is 11.7 Å². The average molecular weight is 167 g/mol. The topological polar surface area (TPSA) is 4.93 Å². The standard InChI is InChI=1S/C9H13NS/c1-9(2,3)10-7-5-4-6-8(10)11/h4-7H,1-3H3. The van der Waals surface area contributed by atoms with E-state index >= 15 is 0 Å². The Morgan fingerprint density at radius 3 is 2.27 bits per heavy atom. The predicted octanol–water partition coefficient (Wildman–Crippen LogP) is 2.97. The van der Waals surface area contributed by atoms with Crippen molar-refractivity contribution >= 4 is 12.2 Å². The molecular formula is C9H13NS. The highest BCUT2D eigenvalue weighted by molar-refractivity contribution is 7.71. The number of hydrogen-bond donors (Lipinski definition) is 0. The molecule has 0 fully saturated rings. The summed E-state index contributed by atoms with van der Waals surface area (Å²) in [4.78, 5) is 0. The van der Waals surface area contributed by atoms with Crippen molar-refractivity contribution in [1.29, 1.82) is 0 Å². The SMILES string of the molecule is CC(C)(C)n1ccccc1=S. The van der Waals surface area contributed by atoms with Crippen molar-refractivity contribution in [3.8, 4) is 0 Å². The van der Waals surface area contributed by atoms with Crippen LogP contribution in [0.1, 0.15) is 20.8 Å². The molecule has 1 aromatic heterocycles. The zero-order valence-electron chi connectivity index (χ0n) is 7.16. The maximum absolute atomic E-state index is 5.16. The first-order valence-corrected chi connectivity index (χ1v) is 4.11. The average Bonchev–Trinajstić information content (AvgIpc) is 1.86. The van der Waals surface area contributed by atoms with Crippen molar-refractivity contribution in [3.63, 3.8) is 0 Å². The number of nitrogens with zero attached hydrogens (tertiary/aromatic N) is 1.